The van der Waals surface area contributed by atoms with Gasteiger partial charge in [-0.05, 0) is 42.0 Å². The number of hydrogen-bond acceptors (Lipinski definition) is 3. The molecule has 0 saturated heterocycles. The van der Waals surface area contributed by atoms with E-state index in [1.807, 2.05) is 0 Å². The summed E-state index contributed by atoms with van der Waals surface area (Å²) in [5, 5.41) is 8.77. The van der Waals surface area contributed by atoms with Gasteiger partial charge in [-0.15, -0.1) is 11.8 Å². The van der Waals surface area contributed by atoms with Gasteiger partial charge < -0.3 is 0 Å². The number of carbonyl (C=O) groups excluding carboxylic acids is 1. The van der Waals surface area contributed by atoms with Crippen LogP contribution in [0.15, 0.2) is 52.9 Å². The molecule has 0 spiro atoms. The van der Waals surface area contributed by atoms with Gasteiger partial charge in [-0.3, -0.25) is 4.79 Å². The lowest BCUT2D eigenvalue weighted by Gasteiger charge is -2.16. The molecule has 0 radical (unpaired) electrons. The van der Waals surface area contributed by atoms with Crippen LogP contribution in [-0.2, 0) is 0 Å². The first-order chi connectivity index (χ1) is 10.2. The Kier molecular flexibility index (Phi) is 3.59. The predicted molar refractivity (Wildman–Crippen MR) is 80.6 cm³/mol. The highest BCUT2D eigenvalue weighted by atomic mass is 32.2. The fraction of sp³-hybridized carbons (Fsp3) is 0.0588. The van der Waals surface area contributed by atoms with E-state index >= 15 is 0 Å². The first kappa shape index (κ1) is 13.6. The maximum absolute atomic E-state index is 13.3. The molecule has 0 saturated carbocycles. The summed E-state index contributed by atoms with van der Waals surface area (Å²) in [6.07, 6.45) is 1.80. The van der Waals surface area contributed by atoms with Crippen LogP contribution in [0.2, 0.25) is 0 Å². The summed E-state index contributed by atoms with van der Waals surface area (Å²) in [5.41, 5.74) is 2.50. The van der Waals surface area contributed by atoms with Crippen molar-refractivity contribution in [2.45, 2.75) is 4.90 Å². The number of benzene rings is 2. The second-order valence-corrected chi connectivity index (χ2v) is 5.68. The minimum atomic E-state index is -0.401. The van der Waals surface area contributed by atoms with Crippen molar-refractivity contribution in [3.05, 3.63) is 70.5 Å². The number of carbonyl (C=O) groups is 1. The molecule has 0 aliphatic carbocycles. The summed E-state index contributed by atoms with van der Waals surface area (Å²) >= 11 is 1.53. The van der Waals surface area contributed by atoms with E-state index in [2.05, 4.69) is 6.07 Å². The van der Waals surface area contributed by atoms with Crippen molar-refractivity contribution in [1.82, 2.24) is 0 Å². The molecule has 0 N–H and O–H groups in total. The van der Waals surface area contributed by atoms with Crippen LogP contribution in [0.5, 0.6) is 0 Å². The van der Waals surface area contributed by atoms with Crippen LogP contribution in [0.3, 0.4) is 0 Å². The normalized spacial score (nSPS) is 15.6. The van der Waals surface area contributed by atoms with Gasteiger partial charge in [0.15, 0.2) is 5.78 Å². The van der Waals surface area contributed by atoms with Gasteiger partial charge in [-0.2, -0.15) is 5.26 Å². The Labute approximate surface area is 125 Å². The monoisotopic (exact) mass is 295 g/mol. The lowest BCUT2D eigenvalue weighted by molar-refractivity contribution is 0.103. The van der Waals surface area contributed by atoms with Crippen molar-refractivity contribution in [3.8, 4) is 6.07 Å². The van der Waals surface area contributed by atoms with Crippen LogP contribution < -0.4 is 0 Å². The van der Waals surface area contributed by atoms with Gasteiger partial charge in [-0.1, -0.05) is 12.1 Å². The molecule has 4 heteroatoms. The zero-order valence-corrected chi connectivity index (χ0v) is 11.8. The second-order valence-electron chi connectivity index (χ2n) is 4.66. The minimum absolute atomic E-state index is 0.132. The molecule has 2 nitrogen and oxygen atoms in total. The SMILES string of the molecule is N#Cc1ccc(/C=C2\CSc3ccc(F)cc3C2=O)cc1. The van der Waals surface area contributed by atoms with E-state index in [9.17, 15) is 9.18 Å². The average Bonchev–Trinajstić information content (AvgIpc) is 2.51. The molecule has 21 heavy (non-hydrogen) atoms. The minimum Gasteiger partial charge on any atom is -0.289 e. The number of ketones is 1. The molecule has 3 rings (SSSR count). The zero-order valence-electron chi connectivity index (χ0n) is 11.0. The molecule has 102 valence electrons. The van der Waals surface area contributed by atoms with E-state index in [0.717, 1.165) is 10.5 Å². The molecule has 0 fully saturated rings. The fourth-order valence-electron chi connectivity index (χ4n) is 2.16. The van der Waals surface area contributed by atoms with E-state index < -0.39 is 5.82 Å². The Hall–Kier alpha value is -2.38. The molecule has 0 atom stereocenters. The highest BCUT2D eigenvalue weighted by Gasteiger charge is 2.22. The van der Waals surface area contributed by atoms with Crippen molar-refractivity contribution >= 4 is 23.6 Å². The molecule has 0 amide bonds. The Balaban J connectivity index is 1.95. The van der Waals surface area contributed by atoms with E-state index in [0.29, 0.717) is 22.5 Å². The summed E-state index contributed by atoms with van der Waals surface area (Å²) < 4.78 is 13.3. The van der Waals surface area contributed by atoms with Crippen molar-refractivity contribution in [2.24, 2.45) is 0 Å². The molecular weight excluding hydrogens is 285 g/mol. The maximum atomic E-state index is 13.3. The van der Waals surface area contributed by atoms with Gasteiger partial charge in [0.05, 0.1) is 11.6 Å². The van der Waals surface area contributed by atoms with Crippen LogP contribution in [0.25, 0.3) is 6.08 Å². The lowest BCUT2D eigenvalue weighted by atomic mass is 10.0. The Morgan fingerprint density at radius 1 is 1.19 bits per heavy atom. The maximum Gasteiger partial charge on any atom is 0.191 e. The van der Waals surface area contributed by atoms with Gasteiger partial charge in [0.1, 0.15) is 5.82 Å². The summed E-state index contributed by atoms with van der Waals surface area (Å²) in [6.45, 7) is 0. The highest BCUT2D eigenvalue weighted by molar-refractivity contribution is 7.99. The van der Waals surface area contributed by atoms with Crippen LogP contribution in [0, 0.1) is 17.1 Å². The largest absolute Gasteiger partial charge is 0.289 e. The summed E-state index contributed by atoms with van der Waals surface area (Å²) in [7, 11) is 0. The van der Waals surface area contributed by atoms with E-state index in [4.69, 9.17) is 5.26 Å². The molecule has 2 aromatic rings. The van der Waals surface area contributed by atoms with Crippen molar-refractivity contribution in [1.29, 1.82) is 5.26 Å². The lowest BCUT2D eigenvalue weighted by Crippen LogP contribution is -2.12. The van der Waals surface area contributed by atoms with Gasteiger partial charge in [0.2, 0.25) is 0 Å². The highest BCUT2D eigenvalue weighted by Crippen LogP contribution is 2.33. The van der Waals surface area contributed by atoms with Crippen LogP contribution in [0.4, 0.5) is 4.39 Å². The summed E-state index contributed by atoms with van der Waals surface area (Å²) in [4.78, 5) is 13.2. The van der Waals surface area contributed by atoms with Gasteiger partial charge in [0, 0.05) is 21.8 Å². The third kappa shape index (κ3) is 2.74. The van der Waals surface area contributed by atoms with E-state index in [1.54, 1.807) is 36.4 Å². The number of hydrogen-bond donors (Lipinski definition) is 0. The number of rotatable bonds is 1. The first-order valence-electron chi connectivity index (χ1n) is 6.35. The summed E-state index contributed by atoms with van der Waals surface area (Å²) in [6, 6.07) is 13.4. The molecule has 1 aliphatic heterocycles. The van der Waals surface area contributed by atoms with Crippen LogP contribution >= 0.6 is 11.8 Å². The van der Waals surface area contributed by atoms with E-state index in [1.165, 1.54) is 23.9 Å². The third-order valence-electron chi connectivity index (χ3n) is 3.24. The predicted octanol–water partition coefficient (Wildman–Crippen LogP) is 4.07. The zero-order chi connectivity index (χ0) is 14.8. The molecule has 2 aromatic carbocycles. The topological polar surface area (TPSA) is 40.9 Å². The van der Waals surface area contributed by atoms with Crippen molar-refractivity contribution in [3.63, 3.8) is 0 Å². The number of nitrogens with zero attached hydrogens (tertiary/aromatic N) is 1. The smallest absolute Gasteiger partial charge is 0.191 e. The quantitative estimate of drug-likeness (QED) is 0.745. The number of nitriles is 1. The molecule has 0 unspecified atom stereocenters. The molecule has 0 bridgehead atoms. The number of halogens is 1. The molecule has 1 heterocycles. The van der Waals surface area contributed by atoms with Gasteiger partial charge >= 0.3 is 0 Å². The van der Waals surface area contributed by atoms with Gasteiger partial charge in [-0.25, -0.2) is 4.39 Å². The first-order valence-corrected chi connectivity index (χ1v) is 7.34. The van der Waals surface area contributed by atoms with Crippen LogP contribution in [-0.4, -0.2) is 11.5 Å². The van der Waals surface area contributed by atoms with Crippen LogP contribution in [0.1, 0.15) is 21.5 Å². The number of Topliss-reactive ketones (excluding diaryl/α,β-unsaturated/α-hetero) is 1. The molecule has 0 aromatic heterocycles. The standard InChI is InChI=1S/C17H10FNOS/c18-14-5-6-16-15(8-14)17(20)13(10-21-16)7-11-1-3-12(9-19)4-2-11/h1-8H,10H2/b13-7+. The number of thioether (sulfide) groups is 1. The Morgan fingerprint density at radius 3 is 2.67 bits per heavy atom. The summed E-state index contributed by atoms with van der Waals surface area (Å²) in [5.74, 6) is 0.0345. The molecule has 1 aliphatic rings. The second kappa shape index (κ2) is 5.55. The Morgan fingerprint density at radius 2 is 1.95 bits per heavy atom. The van der Waals surface area contributed by atoms with Gasteiger partial charge in [0.25, 0.3) is 0 Å². The fourth-order valence-corrected chi connectivity index (χ4v) is 3.16. The van der Waals surface area contributed by atoms with E-state index in [-0.39, 0.29) is 5.78 Å². The number of fused-ring (bicyclic) bond motifs is 1. The van der Waals surface area contributed by atoms with Crippen molar-refractivity contribution in [2.75, 3.05) is 5.75 Å². The Bertz CT molecular complexity index is 787. The van der Waals surface area contributed by atoms with Crippen molar-refractivity contribution < 1.29 is 9.18 Å². The molecular formula is C17H10FNOS. The average molecular weight is 295 g/mol. The third-order valence-corrected chi connectivity index (χ3v) is 4.36.